The molecule has 0 bridgehead atoms. The molecule has 43 heavy (non-hydrogen) atoms. The second-order valence-electron chi connectivity index (χ2n) is 11.7. The van der Waals surface area contributed by atoms with Crippen LogP contribution in [-0.2, 0) is 5.41 Å². The second kappa shape index (κ2) is 10.8. The number of hydrogen-bond donors (Lipinski definition) is 0. The van der Waals surface area contributed by atoms with Gasteiger partial charge in [0, 0.05) is 5.41 Å². The van der Waals surface area contributed by atoms with Gasteiger partial charge in [0.05, 0.1) is 11.6 Å². The minimum Gasteiger partial charge on any atom is -0.192 e. The van der Waals surface area contributed by atoms with Gasteiger partial charge >= 0.3 is 0 Å². The Bertz CT molecular complexity index is 2090. The van der Waals surface area contributed by atoms with Crippen molar-refractivity contribution in [3.05, 3.63) is 168 Å². The number of benzene rings is 5. The summed E-state index contributed by atoms with van der Waals surface area (Å²) in [5.41, 5.74) is 12.6. The Labute approximate surface area is 253 Å². The summed E-state index contributed by atoms with van der Waals surface area (Å²) in [5.74, 6) is 0. The lowest BCUT2D eigenvalue weighted by molar-refractivity contribution is 0.660. The molecule has 0 aliphatic heterocycles. The van der Waals surface area contributed by atoms with Crippen molar-refractivity contribution in [2.75, 3.05) is 0 Å². The number of hydrogen-bond acceptors (Lipinski definition) is 1. The lowest BCUT2D eigenvalue weighted by Gasteiger charge is -2.22. The zero-order valence-corrected chi connectivity index (χ0v) is 24.4. The highest BCUT2D eigenvalue weighted by Crippen LogP contribution is 2.50. The molecule has 7 rings (SSSR count). The van der Waals surface area contributed by atoms with E-state index in [1.165, 1.54) is 66.4 Å². The summed E-state index contributed by atoms with van der Waals surface area (Å²) in [6.45, 7) is 4.53. The zero-order valence-electron chi connectivity index (χ0n) is 24.4. The van der Waals surface area contributed by atoms with Crippen LogP contribution in [0, 0.1) is 11.3 Å². The van der Waals surface area contributed by atoms with Crippen molar-refractivity contribution < 1.29 is 0 Å². The van der Waals surface area contributed by atoms with E-state index < -0.39 is 0 Å². The molecule has 0 N–H and O–H groups in total. The van der Waals surface area contributed by atoms with Crippen molar-refractivity contribution in [2.45, 2.75) is 19.3 Å². The van der Waals surface area contributed by atoms with E-state index in [0.29, 0.717) is 5.56 Å². The summed E-state index contributed by atoms with van der Waals surface area (Å²) in [5, 5.41) is 11.9. The first-order chi connectivity index (χ1) is 21.0. The molecule has 1 aliphatic carbocycles. The fourth-order valence-electron chi connectivity index (χ4n) is 6.52. The Hall–Kier alpha value is -5.45. The number of rotatable bonds is 3. The highest BCUT2D eigenvalue weighted by Gasteiger charge is 2.35. The minimum atomic E-state index is -0.201. The fourth-order valence-corrected chi connectivity index (χ4v) is 6.52. The smallest absolute Gasteiger partial charge is 0.0991 e. The summed E-state index contributed by atoms with van der Waals surface area (Å²) in [6.07, 6.45) is 0. The van der Waals surface area contributed by atoms with E-state index in [9.17, 15) is 5.26 Å². The van der Waals surface area contributed by atoms with Gasteiger partial charge in [-0.05, 0) is 84.6 Å². The molecular formula is C42H31N. The predicted octanol–water partition coefficient (Wildman–Crippen LogP) is 11.1. The number of nitrogens with zero attached hydrogens (tertiary/aromatic N) is 1. The van der Waals surface area contributed by atoms with E-state index in [2.05, 4.69) is 166 Å². The summed E-state index contributed by atoms with van der Waals surface area (Å²) in [6, 6.07) is 56.3. The van der Waals surface area contributed by atoms with E-state index in [4.69, 9.17) is 0 Å². The first-order valence-corrected chi connectivity index (χ1v) is 14.8. The standard InChI is InChI=1S/C42H31N/c1-42(2)40-26-29(28-43)18-24-38(40)39-25-23-33(27-41(39)42)35-15-9-4-3-8-14-34(36-16-10-11-17-37(35)36)32-21-19-31(20-22-32)30-12-6-5-7-13-30/h3-27H,1-2H3. The van der Waals surface area contributed by atoms with E-state index in [-0.39, 0.29) is 5.41 Å². The van der Waals surface area contributed by atoms with Crippen LogP contribution in [-0.4, -0.2) is 0 Å². The summed E-state index contributed by atoms with van der Waals surface area (Å²) < 4.78 is 0. The fraction of sp³-hybridized carbons (Fsp3) is 0.0714. The predicted molar refractivity (Wildman–Crippen MR) is 180 cm³/mol. The Morgan fingerprint density at radius 3 is 1.53 bits per heavy atom. The molecule has 0 spiro atoms. The molecular weight excluding hydrogens is 518 g/mol. The average molecular weight is 550 g/mol. The average Bonchev–Trinajstić information content (AvgIpc) is 3.28. The van der Waals surface area contributed by atoms with Crippen molar-refractivity contribution in [3.63, 3.8) is 0 Å². The molecule has 0 unspecified atom stereocenters. The molecule has 0 amide bonds. The van der Waals surface area contributed by atoms with Crippen LogP contribution in [0.5, 0.6) is 0 Å². The first kappa shape index (κ1) is 26.4. The Morgan fingerprint density at radius 2 is 0.884 bits per heavy atom. The van der Waals surface area contributed by atoms with Gasteiger partial charge in [-0.3, -0.25) is 0 Å². The molecule has 0 atom stereocenters. The molecule has 0 heterocycles. The Kier molecular flexibility index (Phi) is 6.61. The molecule has 0 aromatic heterocycles. The summed E-state index contributed by atoms with van der Waals surface area (Å²) >= 11 is 0. The maximum atomic E-state index is 9.55. The van der Waals surface area contributed by atoms with Crippen LogP contribution in [0.3, 0.4) is 0 Å². The van der Waals surface area contributed by atoms with Crippen molar-refractivity contribution in [1.82, 2.24) is 0 Å². The van der Waals surface area contributed by atoms with Crippen molar-refractivity contribution in [3.8, 4) is 50.6 Å². The molecule has 0 saturated carbocycles. The lowest BCUT2D eigenvalue weighted by atomic mass is 9.81. The molecule has 1 nitrogen and oxygen atoms in total. The van der Waals surface area contributed by atoms with Crippen LogP contribution in [0.4, 0.5) is 0 Å². The molecule has 0 fully saturated rings. The minimum absolute atomic E-state index is 0.201. The van der Waals surface area contributed by atoms with Crippen LogP contribution in [0.15, 0.2) is 152 Å². The molecule has 0 saturated heterocycles. The first-order valence-electron chi connectivity index (χ1n) is 14.8. The third kappa shape index (κ3) is 4.68. The molecule has 1 aliphatic rings. The molecule has 6 aromatic carbocycles. The van der Waals surface area contributed by atoms with Crippen LogP contribution < -0.4 is 0 Å². The van der Waals surface area contributed by atoms with Gasteiger partial charge in [0.25, 0.3) is 0 Å². The molecule has 0 radical (unpaired) electrons. The third-order valence-corrected chi connectivity index (χ3v) is 8.79. The maximum Gasteiger partial charge on any atom is 0.0991 e. The van der Waals surface area contributed by atoms with E-state index in [1.807, 2.05) is 6.07 Å². The van der Waals surface area contributed by atoms with Gasteiger partial charge in [0.2, 0.25) is 0 Å². The van der Waals surface area contributed by atoms with E-state index in [0.717, 1.165) is 0 Å². The maximum absolute atomic E-state index is 9.55. The van der Waals surface area contributed by atoms with Crippen molar-refractivity contribution in [2.24, 2.45) is 0 Å². The summed E-state index contributed by atoms with van der Waals surface area (Å²) in [7, 11) is 0. The molecule has 204 valence electrons. The summed E-state index contributed by atoms with van der Waals surface area (Å²) in [4.78, 5) is 0. The topological polar surface area (TPSA) is 23.8 Å². The molecule has 1 heteroatoms. The highest BCUT2D eigenvalue weighted by molar-refractivity contribution is 6.03. The van der Waals surface area contributed by atoms with Crippen molar-refractivity contribution in [1.29, 1.82) is 5.26 Å². The van der Waals surface area contributed by atoms with E-state index in [1.54, 1.807) is 0 Å². The van der Waals surface area contributed by atoms with Crippen molar-refractivity contribution >= 4 is 10.8 Å². The van der Waals surface area contributed by atoms with Gasteiger partial charge in [-0.15, -0.1) is 0 Å². The Balaban J connectivity index is 1.42. The van der Waals surface area contributed by atoms with E-state index >= 15 is 0 Å². The van der Waals surface area contributed by atoms with Crippen LogP contribution in [0.2, 0.25) is 0 Å². The Morgan fingerprint density at radius 1 is 0.419 bits per heavy atom. The largest absolute Gasteiger partial charge is 0.192 e. The monoisotopic (exact) mass is 549 g/mol. The zero-order chi connectivity index (χ0) is 29.4. The van der Waals surface area contributed by atoms with Crippen LogP contribution in [0.1, 0.15) is 30.5 Å². The van der Waals surface area contributed by atoms with Gasteiger partial charge in [0.1, 0.15) is 0 Å². The lowest BCUT2D eigenvalue weighted by Crippen LogP contribution is -2.15. The van der Waals surface area contributed by atoms with Gasteiger partial charge in [-0.2, -0.15) is 5.26 Å². The second-order valence-corrected chi connectivity index (χ2v) is 11.7. The molecule has 6 aromatic rings. The normalized spacial score (nSPS) is 12.6. The number of nitriles is 1. The van der Waals surface area contributed by atoms with Gasteiger partial charge in [0.15, 0.2) is 0 Å². The number of fused-ring (bicyclic) bond motifs is 4. The van der Waals surface area contributed by atoms with Gasteiger partial charge < -0.3 is 0 Å². The highest BCUT2D eigenvalue weighted by atomic mass is 14.4. The van der Waals surface area contributed by atoms with Gasteiger partial charge in [-0.1, -0.05) is 147 Å². The van der Waals surface area contributed by atoms with Gasteiger partial charge in [-0.25, -0.2) is 0 Å². The SMILES string of the molecule is CC1(C)c2cc(C#N)ccc2-c2ccc(-c3ccccccc(-c4ccc(-c5ccccc5)cc4)c4ccccc34)cc21. The quantitative estimate of drug-likeness (QED) is 0.215. The third-order valence-electron chi connectivity index (χ3n) is 8.79. The van der Waals surface area contributed by atoms with Crippen LogP contribution >= 0.6 is 0 Å². The van der Waals surface area contributed by atoms with Crippen LogP contribution in [0.25, 0.3) is 55.3 Å².